The predicted molar refractivity (Wildman–Crippen MR) is 49.1 cm³/mol. The summed E-state index contributed by atoms with van der Waals surface area (Å²) in [7, 11) is 2.22. The number of nitrogens with zero attached hydrogens (tertiary/aromatic N) is 1. The lowest BCUT2D eigenvalue weighted by atomic mass is 9.99. The monoisotopic (exact) mass is 237 g/mol. The van der Waals surface area contributed by atoms with Gasteiger partial charge in [-0.2, -0.15) is 0 Å². The van der Waals surface area contributed by atoms with Crippen molar-refractivity contribution in [3.8, 4) is 0 Å². The molecule has 0 aromatic rings. The van der Waals surface area contributed by atoms with Crippen LogP contribution in [0.1, 0.15) is 12.8 Å². The average molecular weight is 237 g/mol. The number of alkyl halides is 2. The topological polar surface area (TPSA) is 55.8 Å². The highest BCUT2D eigenvalue weighted by Gasteiger charge is 2.46. The Morgan fingerprint density at radius 1 is 1.31 bits per heavy atom. The van der Waals surface area contributed by atoms with E-state index in [1.807, 2.05) is 0 Å². The maximum Gasteiger partial charge on any atom is 0.410 e. The third kappa shape index (κ3) is 2.59. The standard InChI is InChI=1S/C9H13F2NO4/c1-15-7(13)6-5-9(10,11)3-4-12(6)8(14)16-2/h6H,3-5H2,1-2H3/t6-/m0/s1. The van der Waals surface area contributed by atoms with Gasteiger partial charge in [0.2, 0.25) is 0 Å². The largest absolute Gasteiger partial charge is 0.467 e. The molecule has 0 aliphatic carbocycles. The summed E-state index contributed by atoms with van der Waals surface area (Å²) in [5, 5.41) is 0. The van der Waals surface area contributed by atoms with E-state index in [1.165, 1.54) is 0 Å². The first kappa shape index (κ1) is 12.7. The zero-order valence-electron chi connectivity index (χ0n) is 9.03. The molecular formula is C9H13F2NO4. The van der Waals surface area contributed by atoms with E-state index in [-0.39, 0.29) is 6.54 Å². The normalized spacial score (nSPS) is 23.8. The van der Waals surface area contributed by atoms with Gasteiger partial charge in [0, 0.05) is 19.4 Å². The molecule has 1 saturated heterocycles. The van der Waals surface area contributed by atoms with Crippen molar-refractivity contribution in [3.05, 3.63) is 0 Å². The van der Waals surface area contributed by atoms with Gasteiger partial charge < -0.3 is 9.47 Å². The number of methoxy groups -OCH3 is 2. The molecular weight excluding hydrogens is 224 g/mol. The van der Waals surface area contributed by atoms with Crippen molar-refractivity contribution in [3.63, 3.8) is 0 Å². The quantitative estimate of drug-likeness (QED) is 0.639. The molecule has 0 aromatic heterocycles. The minimum atomic E-state index is -2.95. The van der Waals surface area contributed by atoms with Gasteiger partial charge >= 0.3 is 12.1 Å². The van der Waals surface area contributed by atoms with Gasteiger partial charge in [0.1, 0.15) is 6.04 Å². The number of halogens is 2. The number of piperidine rings is 1. The number of carbonyl (C=O) groups excluding carboxylic acids is 2. The van der Waals surface area contributed by atoms with Crippen LogP contribution in [0.2, 0.25) is 0 Å². The zero-order valence-corrected chi connectivity index (χ0v) is 9.03. The highest BCUT2D eigenvalue weighted by molar-refractivity contribution is 5.81. The van der Waals surface area contributed by atoms with Gasteiger partial charge in [0.15, 0.2) is 0 Å². The molecule has 0 unspecified atom stereocenters. The van der Waals surface area contributed by atoms with Gasteiger partial charge in [0.05, 0.1) is 14.2 Å². The van der Waals surface area contributed by atoms with Crippen LogP contribution in [0.5, 0.6) is 0 Å². The van der Waals surface area contributed by atoms with Crippen LogP contribution in [0.15, 0.2) is 0 Å². The fraction of sp³-hybridized carbons (Fsp3) is 0.778. The minimum Gasteiger partial charge on any atom is -0.467 e. The van der Waals surface area contributed by atoms with Crippen LogP contribution in [0, 0.1) is 0 Å². The number of ether oxygens (including phenoxy) is 2. The minimum absolute atomic E-state index is 0.223. The fourth-order valence-electron chi connectivity index (χ4n) is 1.62. The number of likely N-dealkylation sites (tertiary alicyclic amines) is 1. The molecule has 0 N–H and O–H groups in total. The lowest BCUT2D eigenvalue weighted by Gasteiger charge is -2.36. The summed E-state index contributed by atoms with van der Waals surface area (Å²) in [6, 6.07) is -1.28. The van der Waals surface area contributed by atoms with E-state index in [1.54, 1.807) is 0 Å². The second kappa shape index (κ2) is 4.63. The molecule has 0 bridgehead atoms. The molecule has 1 aliphatic rings. The van der Waals surface area contributed by atoms with E-state index in [4.69, 9.17) is 0 Å². The molecule has 7 heteroatoms. The van der Waals surface area contributed by atoms with E-state index in [0.29, 0.717) is 0 Å². The molecule has 16 heavy (non-hydrogen) atoms. The molecule has 5 nitrogen and oxygen atoms in total. The average Bonchev–Trinajstić information content (AvgIpc) is 2.25. The van der Waals surface area contributed by atoms with Crippen LogP contribution in [0.3, 0.4) is 0 Å². The summed E-state index contributed by atoms with van der Waals surface area (Å²) in [6.45, 7) is -0.223. The number of rotatable bonds is 1. The summed E-state index contributed by atoms with van der Waals surface area (Å²) in [6.07, 6.45) is -2.00. The van der Waals surface area contributed by atoms with Crippen molar-refractivity contribution >= 4 is 12.1 Å². The van der Waals surface area contributed by atoms with Crippen LogP contribution >= 0.6 is 0 Å². The Morgan fingerprint density at radius 2 is 1.94 bits per heavy atom. The predicted octanol–water partition coefficient (Wildman–Crippen LogP) is 1.03. The van der Waals surface area contributed by atoms with E-state index < -0.39 is 36.9 Å². The fourth-order valence-corrected chi connectivity index (χ4v) is 1.62. The highest BCUT2D eigenvalue weighted by Crippen LogP contribution is 2.32. The molecule has 1 aliphatic heterocycles. The van der Waals surface area contributed by atoms with Crippen LogP contribution < -0.4 is 0 Å². The molecule has 1 heterocycles. The lowest BCUT2D eigenvalue weighted by Crippen LogP contribution is -2.53. The third-order valence-corrected chi connectivity index (χ3v) is 2.47. The zero-order chi connectivity index (χ0) is 12.3. The molecule has 1 rings (SSSR count). The molecule has 0 saturated carbocycles. The molecule has 0 spiro atoms. The van der Waals surface area contributed by atoms with Gasteiger partial charge in [0.25, 0.3) is 5.92 Å². The molecule has 1 fully saturated rings. The number of esters is 1. The van der Waals surface area contributed by atoms with Crippen LogP contribution in [0.25, 0.3) is 0 Å². The van der Waals surface area contributed by atoms with Crippen LogP contribution in [-0.2, 0) is 14.3 Å². The maximum atomic E-state index is 13.1. The molecule has 92 valence electrons. The van der Waals surface area contributed by atoms with Crippen molar-refractivity contribution in [2.75, 3.05) is 20.8 Å². The molecule has 1 atom stereocenters. The number of hydrogen-bond donors (Lipinski definition) is 0. The molecule has 1 amide bonds. The second-order valence-electron chi connectivity index (χ2n) is 3.51. The highest BCUT2D eigenvalue weighted by atomic mass is 19.3. The van der Waals surface area contributed by atoms with E-state index in [2.05, 4.69) is 9.47 Å². The summed E-state index contributed by atoms with van der Waals surface area (Å²) in [5.41, 5.74) is 0. The van der Waals surface area contributed by atoms with Crippen molar-refractivity contribution in [1.82, 2.24) is 4.90 Å². The Bertz CT molecular complexity index is 295. The summed E-state index contributed by atoms with van der Waals surface area (Å²) in [4.78, 5) is 23.5. The summed E-state index contributed by atoms with van der Waals surface area (Å²) in [5.74, 6) is -3.81. The Balaban J connectivity index is 2.84. The van der Waals surface area contributed by atoms with Gasteiger partial charge in [-0.05, 0) is 0 Å². The number of hydrogen-bond acceptors (Lipinski definition) is 4. The molecule has 0 aromatic carbocycles. The number of amides is 1. The van der Waals surface area contributed by atoms with Crippen molar-refractivity contribution < 1.29 is 27.8 Å². The third-order valence-electron chi connectivity index (χ3n) is 2.47. The van der Waals surface area contributed by atoms with Gasteiger partial charge in [-0.3, -0.25) is 4.90 Å². The first-order valence-electron chi connectivity index (χ1n) is 4.71. The van der Waals surface area contributed by atoms with Crippen molar-refractivity contribution in [2.24, 2.45) is 0 Å². The lowest BCUT2D eigenvalue weighted by molar-refractivity contribution is -0.155. The van der Waals surface area contributed by atoms with Crippen LogP contribution in [0.4, 0.5) is 13.6 Å². The maximum absolute atomic E-state index is 13.1. The second-order valence-corrected chi connectivity index (χ2v) is 3.51. The number of carbonyl (C=O) groups is 2. The Kier molecular flexibility index (Phi) is 3.66. The van der Waals surface area contributed by atoms with Crippen molar-refractivity contribution in [2.45, 2.75) is 24.8 Å². The Hall–Kier alpha value is -1.40. The Labute approximate surface area is 91.3 Å². The first-order valence-corrected chi connectivity index (χ1v) is 4.71. The summed E-state index contributed by atoms with van der Waals surface area (Å²) < 4.78 is 35.0. The smallest absolute Gasteiger partial charge is 0.410 e. The van der Waals surface area contributed by atoms with Gasteiger partial charge in [-0.25, -0.2) is 18.4 Å². The van der Waals surface area contributed by atoms with E-state index >= 15 is 0 Å². The van der Waals surface area contributed by atoms with Crippen LogP contribution in [-0.4, -0.2) is 49.7 Å². The first-order chi connectivity index (χ1) is 7.41. The van der Waals surface area contributed by atoms with E-state index in [9.17, 15) is 18.4 Å². The van der Waals surface area contributed by atoms with E-state index in [0.717, 1.165) is 19.1 Å². The van der Waals surface area contributed by atoms with Gasteiger partial charge in [-0.1, -0.05) is 0 Å². The van der Waals surface area contributed by atoms with Crippen molar-refractivity contribution in [1.29, 1.82) is 0 Å². The Morgan fingerprint density at radius 3 is 2.44 bits per heavy atom. The SMILES string of the molecule is COC(=O)[C@@H]1CC(F)(F)CCN1C(=O)OC. The summed E-state index contributed by atoms with van der Waals surface area (Å²) >= 11 is 0. The van der Waals surface area contributed by atoms with Gasteiger partial charge in [-0.15, -0.1) is 0 Å². The molecule has 0 radical (unpaired) electrons.